The SMILES string of the molecule is CC(C)=NN1Cc2c(cccc2-c2cccc(Cl)c2)C(O)=C1C(=O)NCC(=O)O. The fraction of sp³-hybridized carbons (Fsp3) is 0.190. The number of nitrogens with zero attached hydrogens (tertiary/aromatic N) is 2. The highest BCUT2D eigenvalue weighted by Gasteiger charge is 2.31. The summed E-state index contributed by atoms with van der Waals surface area (Å²) in [6.07, 6.45) is 0. The molecule has 0 bridgehead atoms. The molecule has 1 amide bonds. The topological polar surface area (TPSA) is 102 Å². The van der Waals surface area contributed by atoms with Gasteiger partial charge in [0.1, 0.15) is 6.54 Å². The minimum atomic E-state index is -1.18. The van der Waals surface area contributed by atoms with Crippen molar-refractivity contribution >= 4 is 34.9 Å². The van der Waals surface area contributed by atoms with Gasteiger partial charge in [-0.2, -0.15) is 5.10 Å². The molecule has 1 aliphatic rings. The molecule has 0 saturated heterocycles. The molecule has 0 unspecified atom stereocenters. The van der Waals surface area contributed by atoms with Gasteiger partial charge in [0.05, 0.1) is 6.54 Å². The van der Waals surface area contributed by atoms with Crippen LogP contribution in [0.5, 0.6) is 0 Å². The number of halogens is 1. The van der Waals surface area contributed by atoms with E-state index in [0.717, 1.165) is 16.7 Å². The lowest BCUT2D eigenvalue weighted by molar-refractivity contribution is -0.137. The highest BCUT2D eigenvalue weighted by atomic mass is 35.5. The zero-order valence-corrected chi connectivity index (χ0v) is 16.7. The maximum absolute atomic E-state index is 12.6. The Balaban J connectivity index is 2.15. The molecule has 0 saturated carbocycles. The Morgan fingerprint density at radius 3 is 2.52 bits per heavy atom. The van der Waals surface area contributed by atoms with Gasteiger partial charge in [-0.05, 0) is 42.7 Å². The maximum Gasteiger partial charge on any atom is 0.322 e. The van der Waals surface area contributed by atoms with Crippen LogP contribution in [0.1, 0.15) is 25.0 Å². The van der Waals surface area contributed by atoms with Crippen molar-refractivity contribution in [1.82, 2.24) is 10.3 Å². The first kappa shape index (κ1) is 20.4. The summed E-state index contributed by atoms with van der Waals surface area (Å²) in [6.45, 7) is 3.20. The van der Waals surface area contributed by atoms with Gasteiger partial charge in [-0.25, -0.2) is 0 Å². The molecule has 8 heteroatoms. The molecule has 0 radical (unpaired) electrons. The van der Waals surface area contributed by atoms with Crippen LogP contribution in [0.4, 0.5) is 0 Å². The summed E-state index contributed by atoms with van der Waals surface area (Å²) in [4.78, 5) is 23.4. The van der Waals surface area contributed by atoms with Crippen molar-refractivity contribution < 1.29 is 19.8 Å². The number of aliphatic carboxylic acids is 1. The maximum atomic E-state index is 12.6. The third-order valence-corrected chi connectivity index (χ3v) is 4.53. The number of hydrogen-bond acceptors (Lipinski definition) is 5. The summed E-state index contributed by atoms with van der Waals surface area (Å²) >= 11 is 6.14. The number of fused-ring (bicyclic) bond motifs is 1. The molecule has 29 heavy (non-hydrogen) atoms. The summed E-state index contributed by atoms with van der Waals surface area (Å²) in [7, 11) is 0. The molecule has 2 aromatic carbocycles. The Morgan fingerprint density at radius 2 is 1.86 bits per heavy atom. The summed E-state index contributed by atoms with van der Waals surface area (Å²) < 4.78 is 0. The van der Waals surface area contributed by atoms with Gasteiger partial charge >= 0.3 is 5.97 Å². The Hall–Kier alpha value is -3.32. The van der Waals surface area contributed by atoms with Crippen LogP contribution in [0.25, 0.3) is 16.9 Å². The molecular formula is C21H20ClN3O4. The second-order valence-electron chi connectivity index (χ2n) is 6.72. The second-order valence-corrected chi connectivity index (χ2v) is 7.16. The van der Waals surface area contributed by atoms with E-state index in [4.69, 9.17) is 16.7 Å². The van der Waals surface area contributed by atoms with Gasteiger partial charge in [-0.3, -0.25) is 14.6 Å². The Labute approximate surface area is 172 Å². The van der Waals surface area contributed by atoms with Crippen molar-refractivity contribution in [1.29, 1.82) is 0 Å². The van der Waals surface area contributed by atoms with Gasteiger partial charge in [0, 0.05) is 16.3 Å². The van der Waals surface area contributed by atoms with E-state index in [1.807, 2.05) is 24.3 Å². The number of hydrazone groups is 1. The fourth-order valence-corrected chi connectivity index (χ4v) is 3.37. The van der Waals surface area contributed by atoms with E-state index in [-0.39, 0.29) is 18.0 Å². The third-order valence-electron chi connectivity index (χ3n) is 4.29. The molecule has 150 valence electrons. The first-order valence-electron chi connectivity index (χ1n) is 8.88. The monoisotopic (exact) mass is 413 g/mol. The van der Waals surface area contributed by atoms with Crippen LogP contribution in [0.2, 0.25) is 5.02 Å². The number of aliphatic hydroxyl groups is 1. The zero-order chi connectivity index (χ0) is 21.1. The van der Waals surface area contributed by atoms with E-state index < -0.39 is 18.4 Å². The first-order valence-corrected chi connectivity index (χ1v) is 9.26. The molecule has 0 fully saturated rings. The lowest BCUT2D eigenvalue weighted by Crippen LogP contribution is -2.38. The van der Waals surface area contributed by atoms with Gasteiger partial charge < -0.3 is 15.5 Å². The zero-order valence-electron chi connectivity index (χ0n) is 15.9. The van der Waals surface area contributed by atoms with Crippen molar-refractivity contribution in [3.63, 3.8) is 0 Å². The molecule has 3 rings (SSSR count). The summed E-state index contributed by atoms with van der Waals surface area (Å²) in [5.74, 6) is -2.16. The van der Waals surface area contributed by atoms with Gasteiger partial charge in [-0.1, -0.05) is 41.9 Å². The smallest absolute Gasteiger partial charge is 0.322 e. The largest absolute Gasteiger partial charge is 0.505 e. The lowest BCUT2D eigenvalue weighted by atomic mass is 9.91. The first-order chi connectivity index (χ1) is 13.8. The number of rotatable bonds is 5. The highest BCUT2D eigenvalue weighted by Crippen LogP contribution is 2.37. The number of carbonyl (C=O) groups is 2. The molecule has 3 N–H and O–H groups in total. The summed E-state index contributed by atoms with van der Waals surface area (Å²) in [6, 6.07) is 12.8. The predicted molar refractivity (Wildman–Crippen MR) is 111 cm³/mol. The van der Waals surface area contributed by atoms with Gasteiger partial charge in [0.15, 0.2) is 11.5 Å². The van der Waals surface area contributed by atoms with Gasteiger partial charge in [0.2, 0.25) is 0 Å². The van der Waals surface area contributed by atoms with E-state index in [9.17, 15) is 14.7 Å². The predicted octanol–water partition coefficient (Wildman–Crippen LogP) is 3.65. The van der Waals surface area contributed by atoms with Crippen LogP contribution in [0, 0.1) is 0 Å². The second kappa shape index (κ2) is 8.36. The van der Waals surface area contributed by atoms with Crippen molar-refractivity contribution in [2.45, 2.75) is 20.4 Å². The van der Waals surface area contributed by atoms with E-state index in [0.29, 0.717) is 16.3 Å². The number of aliphatic hydroxyl groups excluding tert-OH is 1. The number of nitrogens with one attached hydrogen (secondary N) is 1. The van der Waals surface area contributed by atoms with Crippen LogP contribution in [0.3, 0.4) is 0 Å². The van der Waals surface area contributed by atoms with Crippen molar-refractivity contribution in [2.24, 2.45) is 5.10 Å². The normalized spacial score (nSPS) is 13.0. The fourth-order valence-electron chi connectivity index (χ4n) is 3.18. The summed E-state index contributed by atoms with van der Waals surface area (Å²) in [5, 5.41) is 28.4. The number of carboxylic acids is 1. The standard InChI is InChI=1S/C21H20ClN3O4/c1-12(2)24-25-11-17-15(13-5-3-6-14(22)9-13)7-4-8-16(17)20(28)19(25)21(29)23-10-18(26)27/h3-9,28H,10-11H2,1-2H3,(H,23,29)(H,26,27). The minimum Gasteiger partial charge on any atom is -0.505 e. The molecule has 2 aromatic rings. The average Bonchev–Trinajstić information content (AvgIpc) is 2.65. The quantitative estimate of drug-likeness (QED) is 0.649. The molecule has 0 aliphatic carbocycles. The number of benzene rings is 2. The Morgan fingerprint density at radius 1 is 1.17 bits per heavy atom. The number of hydrogen-bond donors (Lipinski definition) is 3. The molecule has 0 aromatic heterocycles. The molecular weight excluding hydrogens is 394 g/mol. The Kier molecular flexibility index (Phi) is 5.89. The van der Waals surface area contributed by atoms with Crippen LogP contribution < -0.4 is 5.32 Å². The molecule has 0 atom stereocenters. The van der Waals surface area contributed by atoms with Crippen molar-refractivity contribution in [2.75, 3.05) is 6.54 Å². The van der Waals surface area contributed by atoms with E-state index in [2.05, 4.69) is 10.4 Å². The van der Waals surface area contributed by atoms with Gasteiger partial charge in [0.25, 0.3) is 5.91 Å². The minimum absolute atomic E-state index is 0.0943. The van der Waals surface area contributed by atoms with Crippen LogP contribution in [0.15, 0.2) is 53.3 Å². The van der Waals surface area contributed by atoms with Crippen LogP contribution >= 0.6 is 11.6 Å². The molecule has 7 nitrogen and oxygen atoms in total. The average molecular weight is 414 g/mol. The number of carboxylic acid groups (broad SMARTS) is 1. The lowest BCUT2D eigenvalue weighted by Gasteiger charge is -2.30. The highest BCUT2D eigenvalue weighted by molar-refractivity contribution is 6.30. The van der Waals surface area contributed by atoms with Crippen molar-refractivity contribution in [3.05, 3.63) is 64.3 Å². The number of amides is 1. The molecule has 0 spiro atoms. The van der Waals surface area contributed by atoms with Crippen LogP contribution in [-0.2, 0) is 16.1 Å². The third kappa shape index (κ3) is 4.41. The molecule has 1 heterocycles. The van der Waals surface area contributed by atoms with E-state index in [1.165, 1.54) is 5.01 Å². The van der Waals surface area contributed by atoms with E-state index >= 15 is 0 Å². The summed E-state index contributed by atoms with van der Waals surface area (Å²) in [5.41, 5.74) is 3.58. The Bertz CT molecular complexity index is 1040. The molecule has 1 aliphatic heterocycles. The number of carbonyl (C=O) groups excluding carboxylic acids is 1. The van der Waals surface area contributed by atoms with Crippen LogP contribution in [-0.4, -0.2) is 39.4 Å². The van der Waals surface area contributed by atoms with E-state index in [1.54, 1.807) is 32.0 Å². The van der Waals surface area contributed by atoms with Gasteiger partial charge in [-0.15, -0.1) is 0 Å². The van der Waals surface area contributed by atoms with Crippen molar-refractivity contribution in [3.8, 4) is 11.1 Å².